The van der Waals surface area contributed by atoms with Gasteiger partial charge in [-0.25, -0.2) is 0 Å². The molecule has 5 rings (SSSR count). The molecule has 1 amide bonds. The van der Waals surface area contributed by atoms with Gasteiger partial charge in [0.25, 0.3) is 0 Å². The minimum atomic E-state index is -1.53. The molecule has 0 spiro atoms. The van der Waals surface area contributed by atoms with Crippen LogP contribution < -0.4 is 10.1 Å². The molecule has 42 heavy (non-hydrogen) atoms. The fourth-order valence-electron chi connectivity index (χ4n) is 8.81. The van der Waals surface area contributed by atoms with Crippen molar-refractivity contribution in [2.24, 2.45) is 28.6 Å². The highest BCUT2D eigenvalue weighted by Gasteiger charge is 2.66. The molecule has 8 nitrogen and oxygen atoms in total. The van der Waals surface area contributed by atoms with Gasteiger partial charge in [-0.05, 0) is 98.3 Å². The third kappa shape index (κ3) is 5.54. The molecule has 0 saturated heterocycles. The number of carbonyl (C=O) groups excluding carboxylic acids is 4. The zero-order valence-corrected chi connectivity index (χ0v) is 25.2. The third-order valence-electron chi connectivity index (χ3n) is 11.4. The number of allylic oxidation sites excluding steroid dienone is 1. The Labute approximate surface area is 248 Å². The van der Waals surface area contributed by atoms with Gasteiger partial charge in [-0.2, -0.15) is 0 Å². The van der Waals surface area contributed by atoms with Gasteiger partial charge in [-0.1, -0.05) is 31.6 Å². The lowest BCUT2D eigenvalue weighted by atomic mass is 9.46. The van der Waals surface area contributed by atoms with E-state index < -0.39 is 29.4 Å². The van der Waals surface area contributed by atoms with Crippen LogP contribution >= 0.6 is 0 Å². The van der Waals surface area contributed by atoms with E-state index in [1.807, 2.05) is 30.3 Å². The SMILES string of the molecule is COc1ccc(CCNC(=O)CCC(=O)OCC(=O)[C@@]2(O)CC[C@@H]3[C@H]4CCC5=CC(=O)CC[C@]5(C)[C@H]4CC[C@]32C)cc1. The van der Waals surface area contributed by atoms with Crippen LogP contribution in [0, 0.1) is 28.6 Å². The molecule has 0 radical (unpaired) electrons. The maximum atomic E-state index is 13.4. The van der Waals surface area contributed by atoms with E-state index in [1.165, 1.54) is 5.57 Å². The molecule has 3 saturated carbocycles. The van der Waals surface area contributed by atoms with Crippen LogP contribution in [0.15, 0.2) is 35.9 Å². The van der Waals surface area contributed by atoms with E-state index in [0.29, 0.717) is 37.6 Å². The molecule has 0 aromatic heterocycles. The van der Waals surface area contributed by atoms with Gasteiger partial charge in [0, 0.05) is 24.8 Å². The van der Waals surface area contributed by atoms with Crippen LogP contribution in [0.2, 0.25) is 0 Å². The van der Waals surface area contributed by atoms with Gasteiger partial charge in [0.15, 0.2) is 12.4 Å². The lowest BCUT2D eigenvalue weighted by Gasteiger charge is -2.58. The Balaban J connectivity index is 1.09. The summed E-state index contributed by atoms with van der Waals surface area (Å²) in [5.41, 5.74) is 0.296. The number of rotatable bonds is 10. The Hall–Kier alpha value is -3.00. The summed E-state index contributed by atoms with van der Waals surface area (Å²) in [6.07, 6.45) is 8.60. The topological polar surface area (TPSA) is 119 Å². The molecule has 4 aliphatic rings. The number of fused-ring (bicyclic) bond motifs is 5. The molecule has 0 aliphatic heterocycles. The fourth-order valence-corrected chi connectivity index (χ4v) is 8.81. The van der Waals surface area contributed by atoms with Crippen LogP contribution in [-0.4, -0.2) is 54.4 Å². The van der Waals surface area contributed by atoms with E-state index in [2.05, 4.69) is 19.2 Å². The summed E-state index contributed by atoms with van der Waals surface area (Å²) in [6, 6.07) is 7.61. The number of ether oxygens (including phenoxy) is 2. The highest BCUT2D eigenvalue weighted by molar-refractivity contribution is 5.92. The maximum absolute atomic E-state index is 13.4. The zero-order valence-electron chi connectivity index (χ0n) is 25.2. The normalized spacial score (nSPS) is 33.5. The van der Waals surface area contributed by atoms with Gasteiger partial charge in [0.1, 0.15) is 11.4 Å². The van der Waals surface area contributed by atoms with Crippen LogP contribution in [0.4, 0.5) is 0 Å². The Morgan fingerprint density at radius 1 is 0.976 bits per heavy atom. The summed E-state index contributed by atoms with van der Waals surface area (Å²) < 4.78 is 10.4. The highest BCUT2D eigenvalue weighted by atomic mass is 16.5. The van der Waals surface area contributed by atoms with Gasteiger partial charge in [-0.3, -0.25) is 19.2 Å². The van der Waals surface area contributed by atoms with Gasteiger partial charge in [-0.15, -0.1) is 0 Å². The van der Waals surface area contributed by atoms with Crippen molar-refractivity contribution >= 4 is 23.4 Å². The van der Waals surface area contributed by atoms with Crippen molar-refractivity contribution in [3.05, 3.63) is 41.5 Å². The number of carbonyl (C=O) groups is 4. The van der Waals surface area contributed by atoms with Crippen LogP contribution in [0.5, 0.6) is 5.75 Å². The molecule has 228 valence electrons. The van der Waals surface area contributed by atoms with E-state index in [1.54, 1.807) is 7.11 Å². The number of aliphatic hydroxyl groups is 1. The standard InChI is InChI=1S/C34H45NO7/c1-32-16-12-24(36)20-23(32)6-9-26-27(32)13-17-33(2)28(26)14-18-34(33,40)29(37)21-42-31(39)11-10-30(38)35-19-15-22-4-7-25(41-3)8-5-22/h4-5,7-8,20,26-28,40H,6,9-19,21H2,1-3H3,(H,35,38)/t26-,27-,28+,32-,33+,34-/m0/s1. The lowest BCUT2D eigenvalue weighted by molar-refractivity contribution is -0.170. The molecule has 1 aromatic carbocycles. The molecule has 6 atom stereocenters. The van der Waals surface area contributed by atoms with Crippen LogP contribution in [0.3, 0.4) is 0 Å². The van der Waals surface area contributed by atoms with E-state index >= 15 is 0 Å². The molecular formula is C34H45NO7. The summed E-state index contributed by atoms with van der Waals surface area (Å²) >= 11 is 0. The molecule has 0 heterocycles. The average Bonchev–Trinajstić information content (AvgIpc) is 3.26. The number of ketones is 2. The van der Waals surface area contributed by atoms with Crippen molar-refractivity contribution in [3.63, 3.8) is 0 Å². The number of amides is 1. The molecule has 3 fully saturated rings. The number of methoxy groups -OCH3 is 1. The Morgan fingerprint density at radius 3 is 2.45 bits per heavy atom. The number of Topliss-reactive ketones (excluding diaryl/α,β-unsaturated/α-hetero) is 1. The second kappa shape index (κ2) is 11.9. The second-order valence-corrected chi connectivity index (χ2v) is 13.4. The molecule has 0 bridgehead atoms. The summed E-state index contributed by atoms with van der Waals surface area (Å²) in [6.45, 7) is 4.34. The van der Waals surface area contributed by atoms with Crippen molar-refractivity contribution in [1.82, 2.24) is 5.32 Å². The van der Waals surface area contributed by atoms with E-state index in [-0.39, 0.29) is 35.9 Å². The summed E-state index contributed by atoms with van der Waals surface area (Å²) in [5, 5.41) is 14.6. The molecule has 1 aromatic rings. The minimum Gasteiger partial charge on any atom is -0.497 e. The second-order valence-electron chi connectivity index (χ2n) is 13.4. The Bertz CT molecular complexity index is 1250. The maximum Gasteiger partial charge on any atom is 0.306 e. The van der Waals surface area contributed by atoms with Crippen molar-refractivity contribution in [2.75, 3.05) is 20.3 Å². The average molecular weight is 580 g/mol. The molecule has 4 aliphatic carbocycles. The van der Waals surface area contributed by atoms with Crippen molar-refractivity contribution in [3.8, 4) is 5.75 Å². The lowest BCUT2D eigenvalue weighted by Crippen LogP contribution is -2.58. The smallest absolute Gasteiger partial charge is 0.306 e. The first-order chi connectivity index (χ1) is 20.0. The number of hydrogen-bond donors (Lipinski definition) is 2. The van der Waals surface area contributed by atoms with Crippen LogP contribution in [0.25, 0.3) is 0 Å². The van der Waals surface area contributed by atoms with Gasteiger partial charge in [0.05, 0.1) is 13.5 Å². The third-order valence-corrected chi connectivity index (χ3v) is 11.4. The number of esters is 1. The van der Waals surface area contributed by atoms with Crippen molar-refractivity contribution in [1.29, 1.82) is 0 Å². The Morgan fingerprint density at radius 2 is 1.71 bits per heavy atom. The summed E-state index contributed by atoms with van der Waals surface area (Å²) in [4.78, 5) is 50.1. The zero-order chi connectivity index (χ0) is 30.1. The molecule has 2 N–H and O–H groups in total. The fraction of sp³-hybridized carbons (Fsp3) is 0.647. The van der Waals surface area contributed by atoms with E-state index in [4.69, 9.17) is 9.47 Å². The predicted octanol–water partition coefficient (Wildman–Crippen LogP) is 4.51. The van der Waals surface area contributed by atoms with Gasteiger partial charge >= 0.3 is 5.97 Å². The first-order valence-electron chi connectivity index (χ1n) is 15.5. The van der Waals surface area contributed by atoms with E-state index in [9.17, 15) is 24.3 Å². The van der Waals surface area contributed by atoms with Gasteiger partial charge < -0.3 is 19.9 Å². The van der Waals surface area contributed by atoms with Crippen molar-refractivity contribution in [2.45, 2.75) is 90.1 Å². The molecule has 8 heteroatoms. The quantitative estimate of drug-likeness (QED) is 0.392. The highest BCUT2D eigenvalue weighted by Crippen LogP contribution is 2.67. The first kappa shape index (κ1) is 30.5. The van der Waals surface area contributed by atoms with Crippen LogP contribution in [0.1, 0.15) is 83.6 Å². The van der Waals surface area contributed by atoms with Crippen LogP contribution in [-0.2, 0) is 30.3 Å². The number of hydrogen-bond acceptors (Lipinski definition) is 7. The Kier molecular flexibility index (Phi) is 8.66. The summed E-state index contributed by atoms with van der Waals surface area (Å²) in [7, 11) is 1.61. The summed E-state index contributed by atoms with van der Waals surface area (Å²) in [5.74, 6) is 0.791. The number of nitrogens with one attached hydrogen (secondary N) is 1. The number of benzene rings is 1. The first-order valence-corrected chi connectivity index (χ1v) is 15.5. The molecular weight excluding hydrogens is 534 g/mol. The predicted molar refractivity (Wildman–Crippen MR) is 157 cm³/mol. The minimum absolute atomic E-state index is 0.0242. The van der Waals surface area contributed by atoms with Crippen molar-refractivity contribution < 1.29 is 33.8 Å². The van der Waals surface area contributed by atoms with Gasteiger partial charge in [0.2, 0.25) is 11.7 Å². The largest absolute Gasteiger partial charge is 0.497 e. The van der Waals surface area contributed by atoms with E-state index in [0.717, 1.165) is 49.8 Å². The monoisotopic (exact) mass is 579 g/mol. The molecule has 0 unspecified atom stereocenters.